The third kappa shape index (κ3) is 4.57. The number of aliphatic hydroxyl groups excluding tert-OH is 1. The first-order valence-electron chi connectivity index (χ1n) is 8.99. The molecular formula is C18H27N5O2Si. The maximum absolute atomic E-state index is 8.95. The van der Waals surface area contributed by atoms with E-state index >= 15 is 0 Å². The first kappa shape index (κ1) is 18.7. The van der Waals surface area contributed by atoms with Crippen LogP contribution in [0.25, 0.3) is 22.3 Å². The van der Waals surface area contributed by atoms with E-state index in [2.05, 4.69) is 34.7 Å². The summed E-state index contributed by atoms with van der Waals surface area (Å²) in [5.41, 5.74) is 2.69. The van der Waals surface area contributed by atoms with Crippen molar-refractivity contribution in [2.75, 3.05) is 13.2 Å². The summed E-state index contributed by atoms with van der Waals surface area (Å²) in [4.78, 5) is 8.88. The van der Waals surface area contributed by atoms with Crippen LogP contribution in [0.3, 0.4) is 0 Å². The fraction of sp³-hybridized carbons (Fsp3) is 0.500. The Balaban J connectivity index is 1.75. The molecule has 3 rings (SSSR count). The zero-order chi connectivity index (χ0) is 18.6. The Hall–Kier alpha value is -2.03. The molecule has 0 aliphatic heterocycles. The van der Waals surface area contributed by atoms with Gasteiger partial charge in [0.1, 0.15) is 18.7 Å². The highest BCUT2D eigenvalue weighted by Crippen LogP contribution is 2.25. The highest BCUT2D eigenvalue weighted by molar-refractivity contribution is 6.76. The maximum Gasteiger partial charge on any atom is 0.145 e. The second kappa shape index (κ2) is 8.11. The second-order valence-electron chi connectivity index (χ2n) is 7.66. The van der Waals surface area contributed by atoms with Gasteiger partial charge in [-0.25, -0.2) is 9.97 Å². The van der Waals surface area contributed by atoms with Crippen molar-refractivity contribution in [3.05, 3.63) is 31.0 Å². The first-order valence-corrected chi connectivity index (χ1v) is 12.7. The van der Waals surface area contributed by atoms with Crippen LogP contribution in [0.2, 0.25) is 25.7 Å². The Bertz CT molecular complexity index is 853. The van der Waals surface area contributed by atoms with Gasteiger partial charge in [-0.3, -0.25) is 4.68 Å². The lowest BCUT2D eigenvalue weighted by Crippen LogP contribution is -2.22. The lowest BCUT2D eigenvalue weighted by atomic mass is 10.2. The molecule has 0 bridgehead atoms. The molecule has 0 aromatic carbocycles. The Morgan fingerprint density at radius 2 is 2.08 bits per heavy atom. The van der Waals surface area contributed by atoms with Crippen LogP contribution in [0.5, 0.6) is 0 Å². The zero-order valence-corrected chi connectivity index (χ0v) is 16.7. The van der Waals surface area contributed by atoms with Gasteiger partial charge in [-0.2, -0.15) is 5.10 Å². The van der Waals surface area contributed by atoms with Crippen molar-refractivity contribution in [2.45, 2.75) is 45.4 Å². The smallest absolute Gasteiger partial charge is 0.145 e. The van der Waals surface area contributed by atoms with Crippen molar-refractivity contribution in [3.63, 3.8) is 0 Å². The van der Waals surface area contributed by atoms with Gasteiger partial charge in [0.25, 0.3) is 0 Å². The molecule has 0 atom stereocenters. The summed E-state index contributed by atoms with van der Waals surface area (Å²) in [7, 11) is -1.08. The van der Waals surface area contributed by atoms with Gasteiger partial charge in [0.05, 0.1) is 11.9 Å². The topological polar surface area (TPSA) is 78.0 Å². The quantitative estimate of drug-likeness (QED) is 0.461. The van der Waals surface area contributed by atoms with Crippen molar-refractivity contribution in [3.8, 4) is 11.3 Å². The normalized spacial score (nSPS) is 12.2. The summed E-state index contributed by atoms with van der Waals surface area (Å²) in [6, 6.07) is 3.18. The monoisotopic (exact) mass is 373 g/mol. The molecule has 7 nitrogen and oxygen atoms in total. The molecule has 140 valence electrons. The molecule has 3 aromatic heterocycles. The summed E-state index contributed by atoms with van der Waals surface area (Å²) >= 11 is 0. The van der Waals surface area contributed by atoms with E-state index in [4.69, 9.17) is 9.84 Å². The Kier molecular flexibility index (Phi) is 5.85. The molecule has 0 fully saturated rings. The SMILES string of the molecule is C[Si](C)(C)CCOCn1ccc2c(-c3cnn(CCCO)c3)ncnc21. The molecule has 3 heterocycles. The summed E-state index contributed by atoms with van der Waals surface area (Å²) in [6.07, 6.45) is 8.03. The molecular weight excluding hydrogens is 346 g/mol. The van der Waals surface area contributed by atoms with Crippen LogP contribution in [0.4, 0.5) is 0 Å². The van der Waals surface area contributed by atoms with Crippen molar-refractivity contribution in [2.24, 2.45) is 0 Å². The van der Waals surface area contributed by atoms with Crippen LogP contribution < -0.4 is 0 Å². The van der Waals surface area contributed by atoms with E-state index < -0.39 is 8.07 Å². The Morgan fingerprint density at radius 3 is 2.85 bits per heavy atom. The van der Waals surface area contributed by atoms with Crippen molar-refractivity contribution in [1.82, 2.24) is 24.3 Å². The van der Waals surface area contributed by atoms with Gasteiger partial charge in [0.15, 0.2) is 0 Å². The number of fused-ring (bicyclic) bond motifs is 1. The summed E-state index contributed by atoms with van der Waals surface area (Å²) in [6.45, 7) is 9.18. The number of rotatable bonds is 9. The summed E-state index contributed by atoms with van der Waals surface area (Å²) in [5, 5.41) is 14.3. The van der Waals surface area contributed by atoms with E-state index in [9.17, 15) is 0 Å². The van der Waals surface area contributed by atoms with Crippen LogP contribution in [-0.2, 0) is 18.0 Å². The molecule has 0 amide bonds. The fourth-order valence-electron chi connectivity index (χ4n) is 2.72. The average molecular weight is 374 g/mol. The number of aliphatic hydroxyl groups is 1. The van der Waals surface area contributed by atoms with Gasteiger partial charge in [0.2, 0.25) is 0 Å². The Morgan fingerprint density at radius 1 is 1.23 bits per heavy atom. The number of aryl methyl sites for hydroxylation is 1. The molecule has 3 aromatic rings. The lowest BCUT2D eigenvalue weighted by Gasteiger charge is -2.15. The van der Waals surface area contributed by atoms with Gasteiger partial charge in [-0.05, 0) is 18.5 Å². The molecule has 0 saturated heterocycles. The number of nitrogens with zero attached hydrogens (tertiary/aromatic N) is 5. The number of ether oxygens (including phenoxy) is 1. The molecule has 1 N–H and O–H groups in total. The van der Waals surface area contributed by atoms with Gasteiger partial charge in [-0.1, -0.05) is 19.6 Å². The number of hydrogen-bond donors (Lipinski definition) is 1. The average Bonchev–Trinajstić information content (AvgIpc) is 3.23. The molecule has 0 unspecified atom stereocenters. The highest BCUT2D eigenvalue weighted by Gasteiger charge is 2.14. The summed E-state index contributed by atoms with van der Waals surface area (Å²) < 4.78 is 9.70. The van der Waals surface area contributed by atoms with Crippen LogP contribution in [-0.4, -0.2) is 50.7 Å². The molecule has 8 heteroatoms. The molecule has 0 aliphatic rings. The number of aromatic nitrogens is 5. The van der Waals surface area contributed by atoms with Crippen molar-refractivity contribution >= 4 is 19.1 Å². The predicted molar refractivity (Wildman–Crippen MR) is 105 cm³/mol. The van der Waals surface area contributed by atoms with E-state index in [1.54, 1.807) is 12.5 Å². The summed E-state index contributed by atoms with van der Waals surface area (Å²) in [5.74, 6) is 0. The van der Waals surface area contributed by atoms with E-state index in [0.29, 0.717) is 19.7 Å². The van der Waals surface area contributed by atoms with Gasteiger partial charge in [-0.15, -0.1) is 0 Å². The third-order valence-electron chi connectivity index (χ3n) is 4.23. The third-order valence-corrected chi connectivity index (χ3v) is 5.94. The van der Waals surface area contributed by atoms with E-state index in [1.165, 1.54) is 0 Å². The van der Waals surface area contributed by atoms with E-state index in [0.717, 1.165) is 34.9 Å². The largest absolute Gasteiger partial charge is 0.396 e. The molecule has 0 radical (unpaired) electrons. The van der Waals surface area contributed by atoms with Gasteiger partial charge < -0.3 is 14.4 Å². The van der Waals surface area contributed by atoms with Crippen LogP contribution >= 0.6 is 0 Å². The molecule has 0 aliphatic carbocycles. The second-order valence-corrected chi connectivity index (χ2v) is 13.3. The first-order chi connectivity index (χ1) is 12.5. The van der Waals surface area contributed by atoms with Gasteiger partial charge in [0, 0.05) is 51.2 Å². The van der Waals surface area contributed by atoms with Crippen molar-refractivity contribution < 1.29 is 9.84 Å². The predicted octanol–water partition coefficient (Wildman–Crippen LogP) is 2.99. The number of hydrogen-bond acceptors (Lipinski definition) is 5. The van der Waals surface area contributed by atoms with E-state index in [1.807, 2.05) is 27.7 Å². The molecule has 0 spiro atoms. The minimum Gasteiger partial charge on any atom is -0.396 e. The lowest BCUT2D eigenvalue weighted by molar-refractivity contribution is 0.0899. The molecule has 0 saturated carbocycles. The van der Waals surface area contributed by atoms with Gasteiger partial charge >= 0.3 is 0 Å². The van der Waals surface area contributed by atoms with Crippen LogP contribution in [0.1, 0.15) is 6.42 Å². The van der Waals surface area contributed by atoms with E-state index in [-0.39, 0.29) is 6.61 Å². The minimum absolute atomic E-state index is 0.160. The fourth-order valence-corrected chi connectivity index (χ4v) is 3.48. The molecule has 26 heavy (non-hydrogen) atoms. The van der Waals surface area contributed by atoms with Crippen LogP contribution in [0, 0.1) is 0 Å². The van der Waals surface area contributed by atoms with Crippen LogP contribution in [0.15, 0.2) is 31.0 Å². The highest BCUT2D eigenvalue weighted by atomic mass is 28.3. The zero-order valence-electron chi connectivity index (χ0n) is 15.7. The standard InChI is InChI=1S/C18H27N5O2Si/c1-26(2,3)10-9-25-14-22-7-5-16-17(19-13-20-18(16)22)15-11-21-23(12-15)6-4-8-24/h5,7,11-13,24H,4,6,8-10,14H2,1-3H3. The van der Waals surface area contributed by atoms with Crippen molar-refractivity contribution in [1.29, 1.82) is 0 Å². The Labute approximate surface area is 154 Å². The maximum atomic E-state index is 8.95. The minimum atomic E-state index is -1.08.